The van der Waals surface area contributed by atoms with Crippen molar-refractivity contribution in [2.24, 2.45) is 4.99 Å². The van der Waals surface area contributed by atoms with Crippen LogP contribution in [0.1, 0.15) is 41.5 Å². The quantitative estimate of drug-likeness (QED) is 0.166. The average molecular weight is 631 g/mol. The molecule has 0 amide bonds. The summed E-state index contributed by atoms with van der Waals surface area (Å²) in [6.07, 6.45) is 6.88. The van der Waals surface area contributed by atoms with Gasteiger partial charge in [-0.1, -0.05) is 67.8 Å². The number of furan rings is 1. The monoisotopic (exact) mass is 630 g/mol. The van der Waals surface area contributed by atoms with Crippen molar-refractivity contribution in [1.29, 1.82) is 0 Å². The molecule has 2 aliphatic heterocycles. The number of allylic oxidation sites excluding steroid dienone is 2. The summed E-state index contributed by atoms with van der Waals surface area (Å²) in [5.74, 6) is 0.327. The van der Waals surface area contributed by atoms with E-state index in [1.54, 1.807) is 0 Å². The zero-order chi connectivity index (χ0) is 32.4. The van der Waals surface area contributed by atoms with Crippen LogP contribution in [0.2, 0.25) is 0 Å². The summed E-state index contributed by atoms with van der Waals surface area (Å²) >= 11 is 0. The van der Waals surface area contributed by atoms with Crippen molar-refractivity contribution in [3.05, 3.63) is 157 Å². The van der Waals surface area contributed by atoms with E-state index in [4.69, 9.17) is 9.41 Å². The first kappa shape index (κ1) is 27.0. The van der Waals surface area contributed by atoms with E-state index in [9.17, 15) is 0 Å². The molecule has 0 saturated heterocycles. The Morgan fingerprint density at radius 3 is 2.41 bits per heavy atom. The molecule has 4 aromatic heterocycles. The fraction of sp³-hybridized carbons (Fsp3) is 0.111. The van der Waals surface area contributed by atoms with Crippen LogP contribution in [0.25, 0.3) is 71.3 Å². The van der Waals surface area contributed by atoms with Crippen LogP contribution >= 0.6 is 0 Å². The molecule has 0 radical (unpaired) electrons. The predicted octanol–water partition coefficient (Wildman–Crippen LogP) is 10.9. The number of rotatable bonds is 1. The SMILES string of the molecule is C=C/C1=N/C(=C)CC2C(CCc3cc4c(cc31)c1cccc3c5cc6oc7ccccc7c6cc5n4c13)c1ccccc1-c1cccc[n+]12. The zero-order valence-electron chi connectivity index (χ0n) is 27.0. The summed E-state index contributed by atoms with van der Waals surface area (Å²) in [6, 6.07) is 40.1. The summed E-state index contributed by atoms with van der Waals surface area (Å²) in [5.41, 5.74) is 13.8. The van der Waals surface area contributed by atoms with Gasteiger partial charge in [-0.25, -0.2) is 0 Å². The number of aliphatic imine (C=N–C) groups is 1. The Morgan fingerprint density at radius 2 is 1.51 bits per heavy atom. The lowest BCUT2D eigenvalue weighted by molar-refractivity contribution is -0.718. The Morgan fingerprint density at radius 1 is 0.735 bits per heavy atom. The fourth-order valence-corrected chi connectivity index (χ4v) is 9.23. The first-order valence-electron chi connectivity index (χ1n) is 17.2. The first-order chi connectivity index (χ1) is 24.2. The minimum atomic E-state index is 0.230. The number of para-hydroxylation sites is 2. The molecule has 2 unspecified atom stereocenters. The minimum absolute atomic E-state index is 0.230. The molecule has 0 aliphatic carbocycles. The summed E-state index contributed by atoms with van der Waals surface area (Å²) in [4.78, 5) is 5.21. The number of nitrogens with zero attached hydrogens (tertiary/aromatic N) is 3. The number of hydrogen-bond acceptors (Lipinski definition) is 2. The second kappa shape index (κ2) is 9.77. The first-order valence-corrected chi connectivity index (χ1v) is 17.2. The molecular formula is C45H32N3O+. The molecule has 0 N–H and O–H groups in total. The number of aryl methyl sites for hydroxylation is 1. The molecule has 6 heterocycles. The van der Waals surface area contributed by atoms with Crippen molar-refractivity contribution in [3.8, 4) is 11.3 Å². The maximum atomic E-state index is 6.34. The van der Waals surface area contributed by atoms with E-state index in [1.807, 2.05) is 12.1 Å². The number of hydrogen-bond donors (Lipinski definition) is 0. The van der Waals surface area contributed by atoms with E-state index in [1.165, 1.54) is 60.5 Å². The highest BCUT2D eigenvalue weighted by atomic mass is 16.3. The summed E-state index contributed by atoms with van der Waals surface area (Å²) in [6.45, 7) is 8.77. The van der Waals surface area contributed by atoms with Gasteiger partial charge in [-0.15, -0.1) is 0 Å². The highest BCUT2D eigenvalue weighted by molar-refractivity contribution is 6.26. The van der Waals surface area contributed by atoms with Crippen LogP contribution in [0.5, 0.6) is 0 Å². The van der Waals surface area contributed by atoms with Crippen molar-refractivity contribution in [2.45, 2.75) is 31.2 Å². The Balaban J connectivity index is 1.17. The Bertz CT molecular complexity index is 2920. The predicted molar refractivity (Wildman–Crippen MR) is 201 cm³/mol. The lowest BCUT2D eigenvalue weighted by Gasteiger charge is -2.31. The van der Waals surface area contributed by atoms with Crippen LogP contribution < -0.4 is 4.57 Å². The van der Waals surface area contributed by atoms with Crippen LogP contribution in [-0.2, 0) is 6.42 Å². The van der Waals surface area contributed by atoms with E-state index in [-0.39, 0.29) is 6.04 Å². The van der Waals surface area contributed by atoms with Gasteiger partial charge < -0.3 is 8.82 Å². The van der Waals surface area contributed by atoms with Crippen molar-refractivity contribution >= 4 is 65.7 Å². The molecule has 0 spiro atoms. The molecule has 0 fully saturated rings. The molecule has 2 atom stereocenters. The second-order valence-electron chi connectivity index (χ2n) is 13.8. The van der Waals surface area contributed by atoms with Gasteiger partial charge in [0.15, 0.2) is 12.2 Å². The Hall–Kier alpha value is -6.00. The lowest BCUT2D eigenvalue weighted by Crippen LogP contribution is -2.47. The van der Waals surface area contributed by atoms with E-state index < -0.39 is 0 Å². The van der Waals surface area contributed by atoms with E-state index in [2.05, 4.69) is 131 Å². The second-order valence-corrected chi connectivity index (χ2v) is 13.8. The molecule has 4 heteroatoms. The van der Waals surface area contributed by atoms with E-state index in [0.29, 0.717) is 5.92 Å². The zero-order valence-corrected chi connectivity index (χ0v) is 27.0. The van der Waals surface area contributed by atoms with Gasteiger partial charge in [0.2, 0.25) is 5.69 Å². The summed E-state index contributed by atoms with van der Waals surface area (Å²) in [7, 11) is 0. The van der Waals surface area contributed by atoms with Gasteiger partial charge >= 0.3 is 0 Å². The third kappa shape index (κ3) is 3.63. The number of benzene rings is 5. The van der Waals surface area contributed by atoms with Gasteiger partial charge in [-0.2, -0.15) is 4.57 Å². The maximum absolute atomic E-state index is 6.34. The van der Waals surface area contributed by atoms with Crippen molar-refractivity contribution in [2.75, 3.05) is 0 Å². The third-order valence-electron chi connectivity index (χ3n) is 11.3. The van der Waals surface area contributed by atoms with Gasteiger partial charge in [-0.05, 0) is 72.5 Å². The molecular weight excluding hydrogens is 599 g/mol. The van der Waals surface area contributed by atoms with Gasteiger partial charge in [0.05, 0.1) is 28.7 Å². The van der Waals surface area contributed by atoms with Crippen LogP contribution in [-0.4, -0.2) is 10.1 Å². The van der Waals surface area contributed by atoms with Crippen molar-refractivity contribution in [3.63, 3.8) is 0 Å². The van der Waals surface area contributed by atoms with Crippen molar-refractivity contribution < 1.29 is 8.98 Å². The van der Waals surface area contributed by atoms with Crippen LogP contribution in [0, 0.1) is 0 Å². The van der Waals surface area contributed by atoms with Gasteiger partial charge in [0.25, 0.3) is 0 Å². The van der Waals surface area contributed by atoms with Gasteiger partial charge in [0, 0.05) is 67.2 Å². The Kier molecular flexibility index (Phi) is 5.39. The van der Waals surface area contributed by atoms with Crippen molar-refractivity contribution in [1.82, 2.24) is 4.40 Å². The molecule has 0 saturated carbocycles. The largest absolute Gasteiger partial charge is 0.456 e. The van der Waals surface area contributed by atoms with Crippen LogP contribution in [0.3, 0.4) is 0 Å². The smallest absolute Gasteiger partial charge is 0.213 e. The highest BCUT2D eigenvalue weighted by Gasteiger charge is 2.40. The third-order valence-corrected chi connectivity index (χ3v) is 11.3. The molecule has 2 aliphatic rings. The number of aromatic nitrogens is 2. The maximum Gasteiger partial charge on any atom is 0.213 e. The highest BCUT2D eigenvalue weighted by Crippen LogP contribution is 2.46. The molecule has 9 aromatic rings. The van der Waals surface area contributed by atoms with Crippen LogP contribution in [0.15, 0.2) is 150 Å². The summed E-state index contributed by atoms with van der Waals surface area (Å²) < 4.78 is 11.3. The lowest BCUT2D eigenvalue weighted by atomic mass is 9.77. The normalized spacial score (nSPS) is 18.9. The van der Waals surface area contributed by atoms with E-state index in [0.717, 1.165) is 58.2 Å². The van der Waals surface area contributed by atoms with Gasteiger partial charge in [-0.3, -0.25) is 4.99 Å². The van der Waals surface area contributed by atoms with Crippen LogP contribution in [0.4, 0.5) is 0 Å². The van der Waals surface area contributed by atoms with E-state index >= 15 is 0 Å². The molecule has 232 valence electrons. The van der Waals surface area contributed by atoms with Gasteiger partial charge in [0.1, 0.15) is 11.2 Å². The number of fused-ring (bicyclic) bond motifs is 16. The standard InChI is InChI=1S/C45H32N3O/c1-3-38-34-23-35-32-14-10-15-33-36-25-44-37(31-13-6-7-17-43(31)49-44)24-42(36)48(45(32)33)41(35)22-27(34)18-19-30-28-11-4-5-12-29(28)39-16-8-9-20-47(39)40(30)21-26(2)46-38/h3-17,20,22-25,30,40H,1-2,18-19,21H2/q+1/b46-38-. The Labute approximate surface area is 282 Å². The number of pyridine rings is 1. The fourth-order valence-electron chi connectivity index (χ4n) is 9.23. The molecule has 0 bridgehead atoms. The molecule has 49 heavy (non-hydrogen) atoms. The minimum Gasteiger partial charge on any atom is -0.456 e. The summed E-state index contributed by atoms with van der Waals surface area (Å²) in [5, 5.41) is 7.25. The molecule has 5 aromatic carbocycles. The average Bonchev–Trinajstić information content (AvgIpc) is 3.78. The molecule has 4 nitrogen and oxygen atoms in total. The topological polar surface area (TPSA) is 33.8 Å². The molecule has 11 rings (SSSR count).